The Balaban J connectivity index is 1.82. The lowest BCUT2D eigenvalue weighted by atomic mass is 10.2. The SMILES string of the molecule is CN1CCC[C@H]1COc1ccccn1. The molecule has 0 aliphatic carbocycles. The summed E-state index contributed by atoms with van der Waals surface area (Å²) in [5, 5.41) is 0. The molecule has 0 unspecified atom stereocenters. The van der Waals surface area contributed by atoms with Gasteiger partial charge in [0.2, 0.25) is 5.88 Å². The third-order valence-corrected chi connectivity index (χ3v) is 2.73. The van der Waals surface area contributed by atoms with E-state index in [0.29, 0.717) is 6.04 Å². The van der Waals surface area contributed by atoms with Crippen LogP contribution in [0.15, 0.2) is 24.4 Å². The summed E-state index contributed by atoms with van der Waals surface area (Å²) >= 11 is 0. The molecular formula is C11H16N2O. The molecule has 1 aliphatic heterocycles. The van der Waals surface area contributed by atoms with E-state index in [1.807, 2.05) is 18.2 Å². The number of pyridine rings is 1. The predicted molar refractivity (Wildman–Crippen MR) is 55.4 cm³/mol. The number of hydrogen-bond donors (Lipinski definition) is 0. The van der Waals surface area contributed by atoms with E-state index in [2.05, 4.69) is 16.9 Å². The van der Waals surface area contributed by atoms with Gasteiger partial charge in [-0.2, -0.15) is 0 Å². The Morgan fingerprint density at radius 1 is 1.57 bits per heavy atom. The molecule has 0 spiro atoms. The quantitative estimate of drug-likeness (QED) is 0.726. The van der Waals surface area contributed by atoms with Crippen molar-refractivity contribution >= 4 is 0 Å². The minimum absolute atomic E-state index is 0.567. The van der Waals surface area contributed by atoms with Crippen molar-refractivity contribution in [3.05, 3.63) is 24.4 Å². The second-order valence-electron chi connectivity index (χ2n) is 3.76. The van der Waals surface area contributed by atoms with Gasteiger partial charge in [-0.3, -0.25) is 0 Å². The van der Waals surface area contributed by atoms with Crippen LogP contribution in [0.5, 0.6) is 5.88 Å². The molecular weight excluding hydrogens is 176 g/mol. The summed E-state index contributed by atoms with van der Waals surface area (Å²) in [6, 6.07) is 6.31. The Labute approximate surface area is 84.7 Å². The van der Waals surface area contributed by atoms with E-state index in [4.69, 9.17) is 4.74 Å². The molecule has 14 heavy (non-hydrogen) atoms. The minimum atomic E-state index is 0.567. The lowest BCUT2D eigenvalue weighted by Crippen LogP contribution is -2.30. The number of likely N-dealkylation sites (N-methyl/N-ethyl adjacent to an activating group) is 1. The predicted octanol–water partition coefficient (Wildman–Crippen LogP) is 1.55. The molecule has 3 heteroatoms. The summed E-state index contributed by atoms with van der Waals surface area (Å²) in [4.78, 5) is 6.47. The molecule has 1 fully saturated rings. The fourth-order valence-corrected chi connectivity index (χ4v) is 1.80. The summed E-state index contributed by atoms with van der Waals surface area (Å²) in [5.74, 6) is 0.729. The fraction of sp³-hybridized carbons (Fsp3) is 0.545. The van der Waals surface area contributed by atoms with E-state index < -0.39 is 0 Å². The molecule has 0 N–H and O–H groups in total. The average molecular weight is 192 g/mol. The minimum Gasteiger partial charge on any atom is -0.476 e. The first-order chi connectivity index (χ1) is 6.86. The lowest BCUT2D eigenvalue weighted by Gasteiger charge is -2.19. The van der Waals surface area contributed by atoms with Gasteiger partial charge < -0.3 is 9.64 Å². The number of rotatable bonds is 3. The van der Waals surface area contributed by atoms with E-state index >= 15 is 0 Å². The van der Waals surface area contributed by atoms with Gasteiger partial charge in [0.25, 0.3) is 0 Å². The zero-order valence-electron chi connectivity index (χ0n) is 8.52. The Kier molecular flexibility index (Phi) is 2.99. The molecule has 1 aliphatic rings. The molecule has 2 heterocycles. The number of aromatic nitrogens is 1. The molecule has 0 amide bonds. The van der Waals surface area contributed by atoms with Gasteiger partial charge in [0, 0.05) is 18.3 Å². The monoisotopic (exact) mass is 192 g/mol. The smallest absolute Gasteiger partial charge is 0.213 e. The first-order valence-corrected chi connectivity index (χ1v) is 5.10. The zero-order chi connectivity index (χ0) is 9.80. The van der Waals surface area contributed by atoms with Crippen LogP contribution in [-0.2, 0) is 0 Å². The maximum absolute atomic E-state index is 5.61. The third kappa shape index (κ3) is 2.23. The summed E-state index contributed by atoms with van der Waals surface area (Å²) in [7, 11) is 2.15. The Morgan fingerprint density at radius 2 is 2.50 bits per heavy atom. The summed E-state index contributed by atoms with van der Waals surface area (Å²) in [5.41, 5.74) is 0. The highest BCUT2D eigenvalue weighted by Crippen LogP contribution is 2.15. The third-order valence-electron chi connectivity index (χ3n) is 2.73. The lowest BCUT2D eigenvalue weighted by molar-refractivity contribution is 0.193. The number of nitrogens with zero attached hydrogens (tertiary/aromatic N) is 2. The van der Waals surface area contributed by atoms with Crippen molar-refractivity contribution in [1.29, 1.82) is 0 Å². The molecule has 1 aromatic heterocycles. The second-order valence-corrected chi connectivity index (χ2v) is 3.76. The number of likely N-dealkylation sites (tertiary alicyclic amines) is 1. The van der Waals surface area contributed by atoms with Crippen LogP contribution in [0, 0.1) is 0 Å². The van der Waals surface area contributed by atoms with Crippen LogP contribution in [-0.4, -0.2) is 36.1 Å². The Bertz CT molecular complexity index is 276. The van der Waals surface area contributed by atoms with Crippen LogP contribution in [0.2, 0.25) is 0 Å². The van der Waals surface area contributed by atoms with Crippen LogP contribution in [0.1, 0.15) is 12.8 Å². The highest BCUT2D eigenvalue weighted by molar-refractivity contribution is 5.09. The van der Waals surface area contributed by atoms with Gasteiger partial charge in [-0.15, -0.1) is 0 Å². The molecule has 1 aromatic rings. The van der Waals surface area contributed by atoms with Gasteiger partial charge in [-0.05, 0) is 32.5 Å². The van der Waals surface area contributed by atoms with Crippen LogP contribution in [0.3, 0.4) is 0 Å². The van der Waals surface area contributed by atoms with E-state index in [9.17, 15) is 0 Å². The number of ether oxygens (including phenoxy) is 1. The van der Waals surface area contributed by atoms with Gasteiger partial charge in [0.05, 0.1) is 0 Å². The molecule has 3 nitrogen and oxygen atoms in total. The Morgan fingerprint density at radius 3 is 3.14 bits per heavy atom. The van der Waals surface area contributed by atoms with Crippen molar-refractivity contribution in [2.24, 2.45) is 0 Å². The van der Waals surface area contributed by atoms with E-state index in [1.54, 1.807) is 6.20 Å². The summed E-state index contributed by atoms with van der Waals surface area (Å²) in [6.45, 7) is 1.95. The largest absolute Gasteiger partial charge is 0.476 e. The zero-order valence-corrected chi connectivity index (χ0v) is 8.52. The summed E-state index contributed by atoms with van der Waals surface area (Å²) in [6.07, 6.45) is 4.28. The standard InChI is InChI=1S/C11H16N2O/c1-13-8-4-5-10(13)9-14-11-6-2-3-7-12-11/h2-3,6-7,10H,4-5,8-9H2,1H3/t10-/m0/s1. The highest BCUT2D eigenvalue weighted by Gasteiger charge is 2.21. The molecule has 0 bridgehead atoms. The van der Waals surface area contributed by atoms with Crippen molar-refractivity contribution in [2.45, 2.75) is 18.9 Å². The summed E-state index contributed by atoms with van der Waals surface area (Å²) < 4.78 is 5.61. The van der Waals surface area contributed by atoms with Crippen LogP contribution in [0.4, 0.5) is 0 Å². The van der Waals surface area contributed by atoms with Crippen molar-refractivity contribution in [2.75, 3.05) is 20.2 Å². The first-order valence-electron chi connectivity index (χ1n) is 5.10. The molecule has 2 rings (SSSR count). The molecule has 0 radical (unpaired) electrons. The topological polar surface area (TPSA) is 25.4 Å². The maximum Gasteiger partial charge on any atom is 0.213 e. The van der Waals surface area contributed by atoms with E-state index in [0.717, 1.165) is 12.5 Å². The molecule has 0 saturated carbocycles. The maximum atomic E-state index is 5.61. The van der Waals surface area contributed by atoms with Crippen molar-refractivity contribution in [1.82, 2.24) is 9.88 Å². The fourth-order valence-electron chi connectivity index (χ4n) is 1.80. The van der Waals surface area contributed by atoms with E-state index in [-0.39, 0.29) is 0 Å². The van der Waals surface area contributed by atoms with E-state index in [1.165, 1.54) is 19.4 Å². The van der Waals surface area contributed by atoms with Gasteiger partial charge in [0.1, 0.15) is 6.61 Å². The van der Waals surface area contributed by atoms with Crippen molar-refractivity contribution < 1.29 is 4.74 Å². The average Bonchev–Trinajstić information content (AvgIpc) is 2.63. The second kappa shape index (κ2) is 4.42. The van der Waals surface area contributed by atoms with Crippen molar-refractivity contribution in [3.8, 4) is 5.88 Å². The molecule has 1 saturated heterocycles. The highest BCUT2D eigenvalue weighted by atomic mass is 16.5. The molecule has 0 aromatic carbocycles. The normalized spacial score (nSPS) is 22.5. The van der Waals surface area contributed by atoms with Crippen LogP contribution in [0.25, 0.3) is 0 Å². The molecule has 1 atom stereocenters. The van der Waals surface area contributed by atoms with Gasteiger partial charge >= 0.3 is 0 Å². The van der Waals surface area contributed by atoms with Crippen molar-refractivity contribution in [3.63, 3.8) is 0 Å². The molecule has 76 valence electrons. The van der Waals surface area contributed by atoms with Gasteiger partial charge in [0.15, 0.2) is 0 Å². The number of hydrogen-bond acceptors (Lipinski definition) is 3. The Hall–Kier alpha value is -1.09. The van der Waals surface area contributed by atoms with Gasteiger partial charge in [-0.1, -0.05) is 6.07 Å². The van der Waals surface area contributed by atoms with Crippen LogP contribution >= 0.6 is 0 Å². The van der Waals surface area contributed by atoms with Gasteiger partial charge in [-0.25, -0.2) is 4.98 Å². The first kappa shape index (κ1) is 9.46. The van der Waals surface area contributed by atoms with Crippen LogP contribution < -0.4 is 4.74 Å².